The molecule has 0 aliphatic heterocycles. The molecule has 0 aliphatic carbocycles. The lowest BCUT2D eigenvalue weighted by atomic mass is 9.97. The van der Waals surface area contributed by atoms with Crippen LogP contribution in [-0.2, 0) is 11.8 Å². The first-order valence-corrected chi connectivity index (χ1v) is 10.5. The molecule has 14 heavy (non-hydrogen) atoms. The monoisotopic (exact) mass is 270 g/mol. The van der Waals surface area contributed by atoms with E-state index in [2.05, 4.69) is 45.3 Å². The van der Waals surface area contributed by atoms with Gasteiger partial charge in [-0.1, -0.05) is 58.3 Å². The number of rotatable bonds is 7. The van der Waals surface area contributed by atoms with Crippen LogP contribution in [-0.4, -0.2) is 5.16 Å². The van der Waals surface area contributed by atoms with Crippen LogP contribution in [0, 0.1) is 0 Å². The lowest BCUT2D eigenvalue weighted by Crippen LogP contribution is -2.21. The van der Waals surface area contributed by atoms with Crippen LogP contribution < -0.4 is 0 Å². The van der Waals surface area contributed by atoms with Crippen molar-refractivity contribution in [1.29, 1.82) is 0 Å². The van der Waals surface area contributed by atoms with Gasteiger partial charge in [0.05, 0.1) is 4.44 Å². The van der Waals surface area contributed by atoms with Gasteiger partial charge < -0.3 is 0 Å². The molecule has 0 saturated carbocycles. The second-order valence-electron chi connectivity index (χ2n) is 4.25. The highest BCUT2D eigenvalue weighted by Gasteiger charge is 2.33. The van der Waals surface area contributed by atoms with Crippen LogP contribution in [0.5, 0.6) is 0 Å². The van der Waals surface area contributed by atoms with E-state index in [-0.39, 0.29) is 5.16 Å². The molecule has 4 heteroatoms. The molecule has 0 aromatic carbocycles. The Kier molecular flexibility index (Phi) is 7.49. The molecule has 0 heterocycles. The molecule has 0 bridgehead atoms. The molecule has 0 aromatic rings. The zero-order valence-corrected chi connectivity index (χ0v) is 13.0. The minimum Gasteiger partial charge on any atom is -0.131 e. The summed E-state index contributed by atoms with van der Waals surface area (Å²) in [6.07, 6.45) is 7.35. The maximum Gasteiger partial charge on any atom is 0.0570 e. The Balaban J connectivity index is 4.42. The van der Waals surface area contributed by atoms with Gasteiger partial charge in [-0.2, -0.15) is 0 Å². The molecule has 86 valence electrons. The van der Waals surface area contributed by atoms with Gasteiger partial charge in [0.15, 0.2) is 0 Å². The number of unbranched alkanes of at least 4 members (excludes halogenated alkanes) is 2. The molecule has 0 amide bonds. The predicted molar refractivity (Wildman–Crippen MR) is 79.7 cm³/mol. The largest absolute Gasteiger partial charge is 0.131 e. The van der Waals surface area contributed by atoms with Crippen molar-refractivity contribution in [2.24, 2.45) is 0 Å². The summed E-state index contributed by atoms with van der Waals surface area (Å²) in [5.41, 5.74) is 0. The molecule has 0 aromatic heterocycles. The van der Waals surface area contributed by atoms with Crippen LogP contribution in [0.25, 0.3) is 0 Å². The van der Waals surface area contributed by atoms with Crippen LogP contribution in [0.15, 0.2) is 0 Å². The molecule has 0 aliphatic rings. The molecule has 0 nitrogen and oxygen atoms in total. The summed E-state index contributed by atoms with van der Waals surface area (Å²) in [6.45, 7) is 6.72. The second kappa shape index (κ2) is 6.83. The quantitative estimate of drug-likeness (QED) is 0.468. The van der Waals surface area contributed by atoms with Gasteiger partial charge >= 0.3 is 0 Å². The third kappa shape index (κ3) is 4.92. The van der Waals surface area contributed by atoms with Gasteiger partial charge in [-0.15, -0.1) is 24.5 Å². The van der Waals surface area contributed by atoms with Crippen molar-refractivity contribution in [3.05, 3.63) is 0 Å². The summed E-state index contributed by atoms with van der Waals surface area (Å²) in [6, 6.07) is 0. The molecule has 0 spiro atoms. The number of hydrogen-bond acceptors (Lipinski definition) is 1. The Morgan fingerprint density at radius 3 is 1.64 bits per heavy atom. The van der Waals surface area contributed by atoms with E-state index in [1.165, 1.54) is 38.5 Å². The van der Waals surface area contributed by atoms with Crippen molar-refractivity contribution < 1.29 is 0 Å². The van der Waals surface area contributed by atoms with Crippen LogP contribution in [0.4, 0.5) is 0 Å². The average molecular weight is 270 g/mol. The van der Waals surface area contributed by atoms with Crippen LogP contribution >= 0.6 is 28.9 Å². The van der Waals surface area contributed by atoms with Crippen LogP contribution in [0.2, 0.25) is 0 Å². The molecular weight excluding hydrogens is 247 g/mol. The SMILES string of the molecule is CCCCC(C)(CCCC)P(=S)(S)S. The van der Waals surface area contributed by atoms with Crippen molar-refractivity contribution in [2.75, 3.05) is 0 Å². The fourth-order valence-electron chi connectivity index (χ4n) is 1.53. The Hall–Kier alpha value is 1.35. The van der Waals surface area contributed by atoms with E-state index in [1.54, 1.807) is 0 Å². The first kappa shape index (κ1) is 15.3. The highest BCUT2D eigenvalue weighted by atomic mass is 33.2. The molecule has 0 rings (SSSR count). The van der Waals surface area contributed by atoms with Crippen LogP contribution in [0.3, 0.4) is 0 Å². The highest BCUT2D eigenvalue weighted by molar-refractivity contribution is 8.92. The Morgan fingerprint density at radius 2 is 1.43 bits per heavy atom. The molecule has 0 fully saturated rings. The van der Waals surface area contributed by atoms with E-state index >= 15 is 0 Å². The van der Waals surface area contributed by atoms with E-state index < -0.39 is 4.44 Å². The molecule has 0 atom stereocenters. The normalized spacial score (nSPS) is 13.2. The molecule has 0 saturated heterocycles. The summed E-state index contributed by atoms with van der Waals surface area (Å²) in [4.78, 5) is 0. The van der Waals surface area contributed by atoms with E-state index in [0.717, 1.165) is 0 Å². The minimum absolute atomic E-state index is 0.195. The summed E-state index contributed by atoms with van der Waals surface area (Å²) in [5.74, 6) is 0. The Morgan fingerprint density at radius 1 is 1.07 bits per heavy atom. The van der Waals surface area contributed by atoms with Gasteiger partial charge in [0.25, 0.3) is 0 Å². The molecule has 0 radical (unpaired) electrons. The van der Waals surface area contributed by atoms with Crippen molar-refractivity contribution in [2.45, 2.75) is 64.5 Å². The molecule has 0 unspecified atom stereocenters. The number of thiol groups is 2. The van der Waals surface area contributed by atoms with Gasteiger partial charge in [-0.05, 0) is 12.8 Å². The van der Waals surface area contributed by atoms with Gasteiger partial charge in [0.1, 0.15) is 0 Å². The Bertz CT molecular complexity index is 190. The third-order valence-electron chi connectivity index (χ3n) is 2.84. The predicted octanol–water partition coefficient (Wildman–Crippen LogP) is 5.29. The fourth-order valence-corrected chi connectivity index (χ4v) is 4.18. The topological polar surface area (TPSA) is 0 Å². The number of hydrogen-bond donors (Lipinski definition) is 2. The van der Waals surface area contributed by atoms with Gasteiger partial charge in [-0.3, -0.25) is 0 Å². The van der Waals surface area contributed by atoms with Crippen molar-refractivity contribution in [3.8, 4) is 0 Å². The van der Waals surface area contributed by atoms with Gasteiger partial charge in [0.2, 0.25) is 0 Å². The Labute approximate surface area is 105 Å². The molecular formula is C10H23PS3. The first-order chi connectivity index (χ1) is 6.37. The standard InChI is InChI=1S/C10H23PS3/c1-4-6-8-10(3,9-7-5-2)11(12,13)14/h4-9H2,1-3H3,(H2,12,13,14). The maximum atomic E-state index is 5.49. The van der Waals surface area contributed by atoms with Crippen molar-refractivity contribution in [3.63, 3.8) is 0 Å². The average Bonchev–Trinajstić information content (AvgIpc) is 2.09. The lowest BCUT2D eigenvalue weighted by Gasteiger charge is -2.35. The van der Waals surface area contributed by atoms with Crippen molar-refractivity contribution in [1.82, 2.24) is 0 Å². The summed E-state index contributed by atoms with van der Waals surface area (Å²) < 4.78 is -1.72. The summed E-state index contributed by atoms with van der Waals surface area (Å²) >= 11 is 14.6. The summed E-state index contributed by atoms with van der Waals surface area (Å²) in [5, 5.41) is 0.195. The highest BCUT2D eigenvalue weighted by Crippen LogP contribution is 2.69. The van der Waals surface area contributed by atoms with Gasteiger partial charge in [-0.25, -0.2) is 0 Å². The van der Waals surface area contributed by atoms with Crippen molar-refractivity contribution >= 4 is 40.7 Å². The third-order valence-corrected chi connectivity index (χ3v) is 8.91. The lowest BCUT2D eigenvalue weighted by molar-refractivity contribution is 0.494. The minimum atomic E-state index is -1.72. The van der Waals surface area contributed by atoms with Crippen LogP contribution in [0.1, 0.15) is 59.3 Å². The molecule has 0 N–H and O–H groups in total. The van der Waals surface area contributed by atoms with E-state index in [1.807, 2.05) is 0 Å². The smallest absolute Gasteiger partial charge is 0.0570 e. The zero-order chi connectivity index (χ0) is 11.2. The zero-order valence-electron chi connectivity index (χ0n) is 9.49. The maximum absolute atomic E-state index is 5.49. The van der Waals surface area contributed by atoms with E-state index in [4.69, 9.17) is 11.8 Å². The first-order valence-electron chi connectivity index (χ1n) is 5.43. The van der Waals surface area contributed by atoms with E-state index in [9.17, 15) is 0 Å². The fraction of sp³-hybridized carbons (Fsp3) is 1.00. The van der Waals surface area contributed by atoms with Gasteiger partial charge in [0, 0.05) is 5.16 Å². The second-order valence-corrected chi connectivity index (χ2v) is 14.2. The summed E-state index contributed by atoms with van der Waals surface area (Å²) in [7, 11) is 0. The van der Waals surface area contributed by atoms with E-state index in [0.29, 0.717) is 0 Å².